The molecular formula is C36H20N4O2. The number of hydrogen-bond donors (Lipinski definition) is 0. The fraction of sp³-hybridized carbons (Fsp3) is 0. The monoisotopic (exact) mass is 540 g/mol. The molecule has 6 nitrogen and oxygen atoms in total. The van der Waals surface area contributed by atoms with Crippen molar-refractivity contribution in [2.45, 2.75) is 0 Å². The number of aromatic nitrogens is 4. The first kappa shape index (κ1) is 22.9. The van der Waals surface area contributed by atoms with Crippen LogP contribution in [0.3, 0.4) is 0 Å². The van der Waals surface area contributed by atoms with E-state index < -0.39 is 0 Å². The molecule has 196 valence electrons. The third kappa shape index (κ3) is 3.45. The molecule has 0 saturated heterocycles. The van der Waals surface area contributed by atoms with Crippen LogP contribution >= 0.6 is 0 Å². The molecule has 9 aromatic rings. The van der Waals surface area contributed by atoms with E-state index in [-0.39, 0.29) is 0 Å². The zero-order chi connectivity index (χ0) is 27.6. The van der Waals surface area contributed by atoms with Crippen molar-refractivity contribution in [3.05, 3.63) is 121 Å². The first-order valence-corrected chi connectivity index (χ1v) is 13.7. The van der Waals surface area contributed by atoms with Gasteiger partial charge in [0.25, 0.3) is 0 Å². The van der Waals surface area contributed by atoms with Crippen LogP contribution in [0, 0.1) is 0 Å². The predicted octanol–water partition coefficient (Wildman–Crippen LogP) is 9.22. The smallest absolute Gasteiger partial charge is 0.164 e. The molecule has 6 heteroatoms. The normalized spacial score (nSPS) is 11.8. The number of fused-ring (bicyclic) bond motifs is 7. The van der Waals surface area contributed by atoms with Crippen molar-refractivity contribution in [3.8, 4) is 34.2 Å². The zero-order valence-electron chi connectivity index (χ0n) is 22.2. The second-order valence-corrected chi connectivity index (χ2v) is 10.3. The molecule has 0 fully saturated rings. The summed E-state index contributed by atoms with van der Waals surface area (Å²) in [6.45, 7) is 0. The Balaban J connectivity index is 1.36. The Morgan fingerprint density at radius 3 is 1.95 bits per heavy atom. The van der Waals surface area contributed by atoms with E-state index >= 15 is 0 Å². The first-order valence-electron chi connectivity index (χ1n) is 13.7. The van der Waals surface area contributed by atoms with Gasteiger partial charge in [0, 0.05) is 33.7 Å². The summed E-state index contributed by atoms with van der Waals surface area (Å²) in [5.74, 6) is 1.70. The largest absolute Gasteiger partial charge is 0.456 e. The van der Waals surface area contributed by atoms with E-state index in [2.05, 4.69) is 41.4 Å². The Kier molecular flexibility index (Phi) is 4.80. The Morgan fingerprint density at radius 2 is 1.10 bits per heavy atom. The number of pyridine rings is 1. The average molecular weight is 541 g/mol. The molecule has 0 radical (unpaired) electrons. The molecule has 0 N–H and O–H groups in total. The van der Waals surface area contributed by atoms with Crippen molar-refractivity contribution in [3.63, 3.8) is 0 Å². The Morgan fingerprint density at radius 1 is 0.452 bits per heavy atom. The van der Waals surface area contributed by atoms with Gasteiger partial charge in [0.1, 0.15) is 22.3 Å². The van der Waals surface area contributed by atoms with E-state index in [4.69, 9.17) is 23.8 Å². The molecule has 5 aromatic carbocycles. The van der Waals surface area contributed by atoms with Gasteiger partial charge in [-0.1, -0.05) is 78.9 Å². The van der Waals surface area contributed by atoms with Crippen molar-refractivity contribution in [1.82, 2.24) is 19.9 Å². The van der Waals surface area contributed by atoms with Crippen molar-refractivity contribution in [2.75, 3.05) is 0 Å². The number of benzene rings is 5. The highest BCUT2D eigenvalue weighted by Crippen LogP contribution is 2.38. The van der Waals surface area contributed by atoms with Gasteiger partial charge in [0.2, 0.25) is 0 Å². The fourth-order valence-electron chi connectivity index (χ4n) is 5.86. The highest BCUT2D eigenvalue weighted by atomic mass is 16.3. The lowest BCUT2D eigenvalue weighted by Crippen LogP contribution is -2.01. The topological polar surface area (TPSA) is 77.8 Å². The minimum Gasteiger partial charge on any atom is -0.456 e. The molecular weight excluding hydrogens is 520 g/mol. The summed E-state index contributed by atoms with van der Waals surface area (Å²) in [6.07, 6.45) is 1.78. The summed E-state index contributed by atoms with van der Waals surface area (Å²) >= 11 is 0. The minimum absolute atomic E-state index is 0.548. The predicted molar refractivity (Wildman–Crippen MR) is 166 cm³/mol. The van der Waals surface area contributed by atoms with Gasteiger partial charge in [-0.25, -0.2) is 15.0 Å². The number of hydrogen-bond acceptors (Lipinski definition) is 6. The number of rotatable bonds is 3. The SMILES string of the molecule is c1ccc2cc(-c3nc(-c4cccc5oc6ccccc6c45)nc(-c4cccc5oc6cccnc6c45)n3)ccc2c1. The Labute approximate surface area is 238 Å². The van der Waals surface area contributed by atoms with E-state index in [1.54, 1.807) is 6.20 Å². The van der Waals surface area contributed by atoms with Crippen LogP contribution in [-0.4, -0.2) is 19.9 Å². The second-order valence-electron chi connectivity index (χ2n) is 10.3. The number of furan rings is 2. The maximum absolute atomic E-state index is 6.20. The molecule has 4 aromatic heterocycles. The van der Waals surface area contributed by atoms with Crippen molar-refractivity contribution in [2.24, 2.45) is 0 Å². The van der Waals surface area contributed by atoms with Crippen molar-refractivity contribution < 1.29 is 8.83 Å². The third-order valence-electron chi connectivity index (χ3n) is 7.78. The molecule has 9 rings (SSSR count). The summed E-state index contributed by atoms with van der Waals surface area (Å²) in [4.78, 5) is 19.9. The van der Waals surface area contributed by atoms with E-state index in [0.29, 0.717) is 17.5 Å². The molecule has 0 aliphatic heterocycles. The summed E-state index contributed by atoms with van der Waals surface area (Å²) in [7, 11) is 0. The summed E-state index contributed by atoms with van der Waals surface area (Å²) in [5.41, 5.74) is 6.47. The Hall–Kier alpha value is -5.88. The number of para-hydroxylation sites is 1. The summed E-state index contributed by atoms with van der Waals surface area (Å²) in [6, 6.07) is 38.4. The van der Waals surface area contributed by atoms with Crippen LogP contribution in [0.15, 0.2) is 130 Å². The molecule has 4 heterocycles. The standard InChI is InChI=1S/C36H20N4O2/c1-2-9-22-20-23(18-17-21(22)8-1)34-38-35(25-11-5-14-28-31(25)24-10-3-4-13-27(24)41-28)40-36(39-34)26-12-6-15-29-32(26)33-30(42-29)16-7-19-37-33/h1-20H. The van der Waals surface area contributed by atoms with E-state index in [1.807, 2.05) is 78.9 Å². The van der Waals surface area contributed by atoms with Gasteiger partial charge in [-0.2, -0.15) is 0 Å². The molecule has 0 bridgehead atoms. The molecule has 0 atom stereocenters. The first-order chi connectivity index (χ1) is 20.8. The zero-order valence-corrected chi connectivity index (χ0v) is 22.2. The molecule has 0 saturated carbocycles. The molecule has 0 aliphatic rings. The van der Waals surface area contributed by atoms with E-state index in [0.717, 1.165) is 71.5 Å². The lowest BCUT2D eigenvalue weighted by atomic mass is 10.0. The number of nitrogens with zero attached hydrogens (tertiary/aromatic N) is 4. The molecule has 42 heavy (non-hydrogen) atoms. The van der Waals surface area contributed by atoms with Crippen LogP contribution in [0.2, 0.25) is 0 Å². The molecule has 0 amide bonds. The summed E-state index contributed by atoms with van der Waals surface area (Å²) < 4.78 is 12.3. The second kappa shape index (κ2) is 8.81. The van der Waals surface area contributed by atoms with Crippen LogP contribution in [0.25, 0.3) is 88.9 Å². The average Bonchev–Trinajstić information content (AvgIpc) is 3.63. The third-order valence-corrected chi connectivity index (χ3v) is 7.78. The van der Waals surface area contributed by atoms with Crippen LogP contribution in [0.4, 0.5) is 0 Å². The van der Waals surface area contributed by atoms with Crippen molar-refractivity contribution >= 4 is 54.8 Å². The highest BCUT2D eigenvalue weighted by Gasteiger charge is 2.20. The molecule has 0 unspecified atom stereocenters. The quantitative estimate of drug-likeness (QED) is 0.222. The van der Waals surface area contributed by atoms with Gasteiger partial charge in [0.15, 0.2) is 23.1 Å². The van der Waals surface area contributed by atoms with Gasteiger partial charge < -0.3 is 8.83 Å². The van der Waals surface area contributed by atoms with Gasteiger partial charge in [-0.15, -0.1) is 0 Å². The highest BCUT2D eigenvalue weighted by molar-refractivity contribution is 6.12. The lowest BCUT2D eigenvalue weighted by molar-refractivity contribution is 0.668. The van der Waals surface area contributed by atoms with Crippen LogP contribution in [-0.2, 0) is 0 Å². The van der Waals surface area contributed by atoms with Crippen molar-refractivity contribution in [1.29, 1.82) is 0 Å². The van der Waals surface area contributed by atoms with Crippen LogP contribution in [0.1, 0.15) is 0 Å². The van der Waals surface area contributed by atoms with Gasteiger partial charge in [-0.3, -0.25) is 4.98 Å². The molecule has 0 aliphatic carbocycles. The van der Waals surface area contributed by atoms with Crippen LogP contribution < -0.4 is 0 Å². The van der Waals surface area contributed by atoms with Crippen LogP contribution in [0.5, 0.6) is 0 Å². The van der Waals surface area contributed by atoms with E-state index in [1.165, 1.54) is 0 Å². The van der Waals surface area contributed by atoms with Gasteiger partial charge in [0.05, 0.1) is 5.39 Å². The Bertz CT molecular complexity index is 2360. The van der Waals surface area contributed by atoms with E-state index in [9.17, 15) is 0 Å². The lowest BCUT2D eigenvalue weighted by Gasteiger charge is -2.10. The van der Waals surface area contributed by atoms with Gasteiger partial charge in [-0.05, 0) is 47.2 Å². The maximum atomic E-state index is 6.20. The fourth-order valence-corrected chi connectivity index (χ4v) is 5.86. The van der Waals surface area contributed by atoms with Gasteiger partial charge >= 0.3 is 0 Å². The summed E-state index contributed by atoms with van der Waals surface area (Å²) in [5, 5.41) is 5.15. The minimum atomic E-state index is 0.548. The maximum Gasteiger partial charge on any atom is 0.164 e. The molecule has 0 spiro atoms.